The lowest BCUT2D eigenvalue weighted by Crippen LogP contribution is -2.33. The third kappa shape index (κ3) is 5.14. The molecule has 2 aromatic rings. The number of nitrogens with one attached hydrogen (secondary N) is 1. The highest BCUT2D eigenvalue weighted by molar-refractivity contribution is 6.31. The van der Waals surface area contributed by atoms with Crippen LogP contribution in [0, 0.1) is 6.92 Å². The number of aryl methyl sites for hydroxylation is 1. The standard InChI is InChI=1S/C20H24ClN3O2.ClH/c1-13-8-18(19(26-2)9-16(13)21)23-20(25)12-24-10-15(17(22)11-24)14-6-4-3-5-7-14;/h3-9,15,17H,10-12,22H2,1-2H3,(H,23,25);1H/t15-,17+;/m0./s1. The van der Waals surface area contributed by atoms with E-state index in [1.807, 2.05) is 31.2 Å². The van der Waals surface area contributed by atoms with Crippen molar-refractivity contribution in [3.63, 3.8) is 0 Å². The van der Waals surface area contributed by atoms with E-state index in [2.05, 4.69) is 22.3 Å². The van der Waals surface area contributed by atoms with Crippen molar-refractivity contribution in [2.45, 2.75) is 18.9 Å². The molecule has 1 fully saturated rings. The first-order valence-corrected chi connectivity index (χ1v) is 9.02. The number of amides is 1. The van der Waals surface area contributed by atoms with E-state index in [1.165, 1.54) is 5.56 Å². The van der Waals surface area contributed by atoms with Crippen molar-refractivity contribution in [2.75, 3.05) is 32.1 Å². The highest BCUT2D eigenvalue weighted by Gasteiger charge is 2.32. The number of likely N-dealkylation sites (tertiary alicyclic amines) is 1. The van der Waals surface area contributed by atoms with E-state index in [9.17, 15) is 4.79 Å². The molecule has 0 unspecified atom stereocenters. The van der Waals surface area contributed by atoms with Gasteiger partial charge in [0.05, 0.1) is 19.3 Å². The van der Waals surface area contributed by atoms with E-state index in [0.29, 0.717) is 29.5 Å². The maximum absolute atomic E-state index is 12.5. The van der Waals surface area contributed by atoms with Crippen molar-refractivity contribution in [3.8, 4) is 5.75 Å². The Morgan fingerprint density at radius 3 is 2.67 bits per heavy atom. The molecule has 3 N–H and O–H groups in total. The normalized spacial score (nSPS) is 19.4. The van der Waals surface area contributed by atoms with Gasteiger partial charge in [0.2, 0.25) is 5.91 Å². The molecule has 146 valence electrons. The van der Waals surface area contributed by atoms with Crippen LogP contribution in [0.4, 0.5) is 5.69 Å². The molecule has 7 heteroatoms. The summed E-state index contributed by atoms with van der Waals surface area (Å²) in [5.41, 5.74) is 9.04. The van der Waals surface area contributed by atoms with Crippen molar-refractivity contribution >= 4 is 35.6 Å². The number of rotatable bonds is 5. The fourth-order valence-corrected chi connectivity index (χ4v) is 3.57. The zero-order valence-electron chi connectivity index (χ0n) is 15.4. The van der Waals surface area contributed by atoms with Gasteiger partial charge in [-0.2, -0.15) is 0 Å². The Labute approximate surface area is 171 Å². The number of carbonyl (C=O) groups is 1. The van der Waals surface area contributed by atoms with E-state index in [4.69, 9.17) is 22.1 Å². The Kier molecular flexibility index (Phi) is 7.50. The predicted molar refractivity (Wildman–Crippen MR) is 112 cm³/mol. The average molecular weight is 410 g/mol. The van der Waals surface area contributed by atoms with Crippen molar-refractivity contribution in [3.05, 3.63) is 58.6 Å². The summed E-state index contributed by atoms with van der Waals surface area (Å²) in [5.74, 6) is 0.705. The quantitative estimate of drug-likeness (QED) is 0.793. The molecule has 1 aliphatic heterocycles. The van der Waals surface area contributed by atoms with Crippen LogP contribution in [0.5, 0.6) is 5.75 Å². The fourth-order valence-electron chi connectivity index (χ4n) is 3.42. The average Bonchev–Trinajstić information content (AvgIpc) is 2.98. The van der Waals surface area contributed by atoms with Gasteiger partial charge in [0.15, 0.2) is 0 Å². The molecule has 1 amide bonds. The number of benzene rings is 2. The summed E-state index contributed by atoms with van der Waals surface area (Å²) < 4.78 is 5.31. The molecule has 2 atom stereocenters. The van der Waals surface area contributed by atoms with Gasteiger partial charge < -0.3 is 15.8 Å². The van der Waals surface area contributed by atoms with Crippen LogP contribution in [0.3, 0.4) is 0 Å². The summed E-state index contributed by atoms with van der Waals surface area (Å²) in [6.07, 6.45) is 0. The number of methoxy groups -OCH3 is 1. The molecule has 0 spiro atoms. The maximum Gasteiger partial charge on any atom is 0.238 e. The molecule has 5 nitrogen and oxygen atoms in total. The lowest BCUT2D eigenvalue weighted by Gasteiger charge is -2.17. The molecule has 0 aromatic heterocycles. The smallest absolute Gasteiger partial charge is 0.238 e. The van der Waals surface area contributed by atoms with Gasteiger partial charge >= 0.3 is 0 Å². The van der Waals surface area contributed by atoms with Crippen molar-refractivity contribution in [1.29, 1.82) is 0 Å². The second kappa shape index (κ2) is 9.42. The van der Waals surface area contributed by atoms with Crippen LogP contribution >= 0.6 is 24.0 Å². The number of anilines is 1. The van der Waals surface area contributed by atoms with Crippen LogP contribution in [0.25, 0.3) is 0 Å². The lowest BCUT2D eigenvalue weighted by molar-refractivity contribution is -0.117. The van der Waals surface area contributed by atoms with Gasteiger partial charge in [0, 0.05) is 36.1 Å². The Morgan fingerprint density at radius 1 is 1.30 bits per heavy atom. The Morgan fingerprint density at radius 2 is 2.00 bits per heavy atom. The number of halogens is 2. The van der Waals surface area contributed by atoms with Crippen LogP contribution in [-0.2, 0) is 4.79 Å². The summed E-state index contributed by atoms with van der Waals surface area (Å²) in [6.45, 7) is 3.66. The fraction of sp³-hybridized carbons (Fsp3) is 0.350. The number of hydrogen-bond donors (Lipinski definition) is 2. The number of nitrogens with two attached hydrogens (primary N) is 1. The van der Waals surface area contributed by atoms with Gasteiger partial charge in [-0.1, -0.05) is 41.9 Å². The van der Waals surface area contributed by atoms with Crippen LogP contribution in [0.2, 0.25) is 5.02 Å². The Balaban J connectivity index is 0.00000261. The van der Waals surface area contributed by atoms with Crippen LogP contribution in [0.1, 0.15) is 17.0 Å². The minimum atomic E-state index is -0.0917. The first-order valence-electron chi connectivity index (χ1n) is 8.64. The minimum absolute atomic E-state index is 0. The first-order chi connectivity index (χ1) is 12.5. The summed E-state index contributed by atoms with van der Waals surface area (Å²) >= 11 is 6.11. The number of ether oxygens (including phenoxy) is 1. The minimum Gasteiger partial charge on any atom is -0.495 e. The van der Waals surface area contributed by atoms with Crippen molar-refractivity contribution in [2.24, 2.45) is 5.73 Å². The molecule has 0 bridgehead atoms. The molecule has 1 heterocycles. The molecular weight excluding hydrogens is 385 g/mol. The van der Waals surface area contributed by atoms with E-state index in [-0.39, 0.29) is 30.3 Å². The van der Waals surface area contributed by atoms with E-state index in [0.717, 1.165) is 12.1 Å². The molecule has 27 heavy (non-hydrogen) atoms. The van der Waals surface area contributed by atoms with Gasteiger partial charge in [-0.25, -0.2) is 0 Å². The van der Waals surface area contributed by atoms with E-state index < -0.39 is 0 Å². The second-order valence-electron chi connectivity index (χ2n) is 6.72. The van der Waals surface area contributed by atoms with Gasteiger partial charge in [-0.3, -0.25) is 9.69 Å². The van der Waals surface area contributed by atoms with Gasteiger partial charge in [-0.15, -0.1) is 12.4 Å². The summed E-state index contributed by atoms with van der Waals surface area (Å²) in [5, 5.41) is 3.53. The Hall–Kier alpha value is -1.79. The molecule has 1 saturated heterocycles. The zero-order chi connectivity index (χ0) is 18.7. The molecule has 0 radical (unpaired) electrons. The summed E-state index contributed by atoms with van der Waals surface area (Å²) in [7, 11) is 1.56. The van der Waals surface area contributed by atoms with E-state index >= 15 is 0 Å². The maximum atomic E-state index is 12.5. The van der Waals surface area contributed by atoms with E-state index in [1.54, 1.807) is 13.2 Å². The number of nitrogens with zero attached hydrogens (tertiary/aromatic N) is 1. The number of carbonyl (C=O) groups excluding carboxylic acids is 1. The lowest BCUT2D eigenvalue weighted by atomic mass is 9.95. The molecule has 3 rings (SSSR count). The van der Waals surface area contributed by atoms with Gasteiger partial charge in [-0.05, 0) is 24.1 Å². The molecular formula is C20H25Cl2N3O2. The second-order valence-corrected chi connectivity index (χ2v) is 7.13. The monoisotopic (exact) mass is 409 g/mol. The highest BCUT2D eigenvalue weighted by atomic mass is 35.5. The molecule has 0 saturated carbocycles. The van der Waals surface area contributed by atoms with Crippen LogP contribution in [0.15, 0.2) is 42.5 Å². The van der Waals surface area contributed by atoms with Crippen LogP contribution < -0.4 is 15.8 Å². The third-order valence-corrected chi connectivity index (χ3v) is 5.20. The van der Waals surface area contributed by atoms with Crippen LogP contribution in [-0.4, -0.2) is 43.6 Å². The van der Waals surface area contributed by atoms with Crippen molar-refractivity contribution in [1.82, 2.24) is 4.90 Å². The zero-order valence-corrected chi connectivity index (χ0v) is 17.0. The largest absolute Gasteiger partial charge is 0.495 e. The number of hydrogen-bond acceptors (Lipinski definition) is 4. The van der Waals surface area contributed by atoms with Gasteiger partial charge in [0.1, 0.15) is 5.75 Å². The van der Waals surface area contributed by atoms with Crippen molar-refractivity contribution < 1.29 is 9.53 Å². The summed E-state index contributed by atoms with van der Waals surface area (Å²) in [6, 6.07) is 13.8. The predicted octanol–water partition coefficient (Wildman–Crippen LogP) is 3.44. The van der Waals surface area contributed by atoms with Gasteiger partial charge in [0.25, 0.3) is 0 Å². The molecule has 1 aliphatic rings. The Bertz CT molecular complexity index is 786. The SMILES string of the molecule is COc1cc(Cl)c(C)cc1NC(=O)CN1C[C@@H](N)[C@H](c2ccccc2)C1.Cl. The summed E-state index contributed by atoms with van der Waals surface area (Å²) in [4.78, 5) is 14.6. The highest BCUT2D eigenvalue weighted by Crippen LogP contribution is 2.31. The topological polar surface area (TPSA) is 67.6 Å². The molecule has 2 aromatic carbocycles. The first kappa shape index (κ1) is 21.5. The third-order valence-electron chi connectivity index (χ3n) is 4.79. The molecule has 0 aliphatic carbocycles.